The highest BCUT2D eigenvalue weighted by Crippen LogP contribution is 2.60. The van der Waals surface area contributed by atoms with E-state index in [0.29, 0.717) is 18.4 Å². The Morgan fingerprint density at radius 1 is 1.22 bits per heavy atom. The zero-order chi connectivity index (χ0) is 16.0. The Kier molecular flexibility index (Phi) is 3.69. The average molecular weight is 316 g/mol. The molecule has 0 spiro atoms. The molecule has 0 unspecified atom stereocenters. The summed E-state index contributed by atoms with van der Waals surface area (Å²) >= 11 is 0. The van der Waals surface area contributed by atoms with Crippen molar-refractivity contribution < 1.29 is 4.79 Å². The van der Waals surface area contributed by atoms with E-state index in [1.807, 2.05) is 10.9 Å². The van der Waals surface area contributed by atoms with Crippen LogP contribution in [-0.4, -0.2) is 26.9 Å². The van der Waals surface area contributed by atoms with Gasteiger partial charge >= 0.3 is 0 Å². The van der Waals surface area contributed by atoms with Gasteiger partial charge in [-0.25, -0.2) is 0 Å². The van der Waals surface area contributed by atoms with E-state index in [0.717, 1.165) is 37.0 Å². The molecule has 5 rings (SSSR count). The fourth-order valence-corrected chi connectivity index (χ4v) is 5.66. The lowest BCUT2D eigenvalue weighted by atomic mass is 9.49. The van der Waals surface area contributed by atoms with E-state index in [2.05, 4.69) is 29.5 Å². The van der Waals surface area contributed by atoms with Gasteiger partial charge in [0.1, 0.15) is 0 Å². The first-order valence-corrected chi connectivity index (χ1v) is 9.19. The molecule has 5 heteroatoms. The summed E-state index contributed by atoms with van der Waals surface area (Å²) in [6.45, 7) is 5.04. The van der Waals surface area contributed by atoms with E-state index in [-0.39, 0.29) is 11.5 Å². The zero-order valence-electron chi connectivity index (χ0n) is 14.2. The number of carbonyl (C=O) groups excluding carboxylic acids is 1. The van der Waals surface area contributed by atoms with Gasteiger partial charge in [0.25, 0.3) is 0 Å². The molecule has 0 aromatic carbocycles. The second-order valence-corrected chi connectivity index (χ2v) is 8.65. The molecule has 0 radical (unpaired) electrons. The van der Waals surface area contributed by atoms with E-state index in [9.17, 15) is 4.79 Å². The van der Waals surface area contributed by atoms with Gasteiger partial charge in [0, 0.05) is 11.6 Å². The Morgan fingerprint density at radius 3 is 2.30 bits per heavy atom. The highest BCUT2D eigenvalue weighted by Gasteiger charge is 2.54. The number of rotatable bonds is 5. The van der Waals surface area contributed by atoms with Gasteiger partial charge in [-0.05, 0) is 62.2 Å². The molecule has 0 saturated heterocycles. The molecule has 1 aromatic heterocycles. The summed E-state index contributed by atoms with van der Waals surface area (Å²) in [6, 6.07) is 0.122. The van der Waals surface area contributed by atoms with Crippen LogP contribution in [0, 0.1) is 29.1 Å². The smallest absolute Gasteiger partial charge is 0.226 e. The molecule has 1 aromatic rings. The van der Waals surface area contributed by atoms with Gasteiger partial charge in [0.05, 0.1) is 18.8 Å². The zero-order valence-corrected chi connectivity index (χ0v) is 14.2. The number of hydrogen-bond acceptors (Lipinski definition) is 3. The number of nitrogens with zero attached hydrogens (tertiary/aromatic N) is 3. The van der Waals surface area contributed by atoms with Crippen LogP contribution >= 0.6 is 0 Å². The molecular formula is C18H28N4O. The van der Waals surface area contributed by atoms with E-state index in [4.69, 9.17) is 0 Å². The van der Waals surface area contributed by atoms with Gasteiger partial charge in [-0.3, -0.25) is 9.48 Å². The summed E-state index contributed by atoms with van der Waals surface area (Å²) in [4.78, 5) is 13.2. The average Bonchev–Trinajstić information content (AvgIpc) is 2.98. The topological polar surface area (TPSA) is 59.8 Å². The third kappa shape index (κ3) is 2.79. The molecule has 23 heavy (non-hydrogen) atoms. The Balaban J connectivity index is 1.47. The molecule has 0 aliphatic heterocycles. The van der Waals surface area contributed by atoms with Crippen LogP contribution in [0.4, 0.5) is 0 Å². The van der Waals surface area contributed by atoms with Crippen LogP contribution in [-0.2, 0) is 11.3 Å². The number of aromatic nitrogens is 3. The normalized spacial score (nSPS) is 36.4. The van der Waals surface area contributed by atoms with Crippen LogP contribution < -0.4 is 5.32 Å². The van der Waals surface area contributed by atoms with Gasteiger partial charge in [-0.2, -0.15) is 0 Å². The first kappa shape index (κ1) is 15.2. The SMILES string of the molecule is CC(C)[C@@H](Cn1ccnn1)NC(=O)C12CC3CC(CC(C3)C1)C2. The maximum absolute atomic E-state index is 13.2. The van der Waals surface area contributed by atoms with E-state index in [1.165, 1.54) is 19.3 Å². The predicted molar refractivity (Wildman–Crippen MR) is 87.4 cm³/mol. The lowest BCUT2D eigenvalue weighted by Crippen LogP contribution is -2.56. The summed E-state index contributed by atoms with van der Waals surface area (Å²) in [5.41, 5.74) is -0.0652. The first-order valence-electron chi connectivity index (χ1n) is 9.19. The van der Waals surface area contributed by atoms with Crippen molar-refractivity contribution in [1.29, 1.82) is 0 Å². The van der Waals surface area contributed by atoms with Gasteiger partial charge in [0.2, 0.25) is 5.91 Å². The number of carbonyl (C=O) groups is 1. The molecule has 4 fully saturated rings. The Morgan fingerprint density at radius 2 is 1.83 bits per heavy atom. The van der Waals surface area contributed by atoms with Crippen molar-refractivity contribution in [2.75, 3.05) is 0 Å². The molecule has 1 heterocycles. The second-order valence-electron chi connectivity index (χ2n) is 8.65. The molecule has 4 aliphatic carbocycles. The highest BCUT2D eigenvalue weighted by molar-refractivity contribution is 5.83. The van der Waals surface area contributed by atoms with Crippen LogP contribution in [0.5, 0.6) is 0 Å². The molecule has 4 bridgehead atoms. The fourth-order valence-electron chi connectivity index (χ4n) is 5.66. The van der Waals surface area contributed by atoms with Crippen LogP contribution in [0.2, 0.25) is 0 Å². The minimum atomic E-state index is -0.0652. The van der Waals surface area contributed by atoms with Gasteiger partial charge in [-0.15, -0.1) is 5.10 Å². The number of hydrogen-bond donors (Lipinski definition) is 1. The van der Waals surface area contributed by atoms with E-state index < -0.39 is 0 Å². The summed E-state index contributed by atoms with van der Waals surface area (Å²) < 4.78 is 1.82. The van der Waals surface area contributed by atoms with Crippen LogP contribution in [0.1, 0.15) is 52.4 Å². The molecule has 126 valence electrons. The summed E-state index contributed by atoms with van der Waals surface area (Å²) in [5.74, 6) is 3.12. The Hall–Kier alpha value is -1.39. The van der Waals surface area contributed by atoms with Gasteiger partial charge < -0.3 is 5.32 Å². The standard InChI is InChI=1S/C18H28N4O/c1-12(2)16(11-22-4-3-19-21-22)20-17(23)18-8-13-5-14(9-18)7-15(6-13)10-18/h3-4,12-16H,5-11H2,1-2H3,(H,20,23)/t13?,14?,15?,16-,18?/m1/s1. The third-order valence-corrected chi connectivity index (χ3v) is 6.50. The largest absolute Gasteiger partial charge is 0.351 e. The van der Waals surface area contributed by atoms with E-state index in [1.54, 1.807) is 6.20 Å². The van der Waals surface area contributed by atoms with Crippen molar-refractivity contribution in [2.45, 2.75) is 65.0 Å². The van der Waals surface area contributed by atoms with Gasteiger partial charge in [-0.1, -0.05) is 19.1 Å². The summed E-state index contributed by atoms with van der Waals surface area (Å²) in [7, 11) is 0. The first-order chi connectivity index (χ1) is 11.0. The highest BCUT2D eigenvalue weighted by atomic mass is 16.2. The fraction of sp³-hybridized carbons (Fsp3) is 0.833. The molecular weight excluding hydrogens is 288 g/mol. The number of nitrogens with one attached hydrogen (secondary N) is 1. The van der Waals surface area contributed by atoms with Crippen molar-refractivity contribution >= 4 is 5.91 Å². The summed E-state index contributed by atoms with van der Waals surface area (Å²) in [6.07, 6.45) is 11.1. The van der Waals surface area contributed by atoms with Crippen LogP contribution in [0.15, 0.2) is 12.4 Å². The summed E-state index contributed by atoms with van der Waals surface area (Å²) in [5, 5.41) is 11.3. The molecule has 5 nitrogen and oxygen atoms in total. The predicted octanol–water partition coefficient (Wildman–Crippen LogP) is 2.64. The Bertz CT molecular complexity index is 530. The van der Waals surface area contributed by atoms with Crippen LogP contribution in [0.25, 0.3) is 0 Å². The van der Waals surface area contributed by atoms with Crippen molar-refractivity contribution in [3.8, 4) is 0 Å². The van der Waals surface area contributed by atoms with Gasteiger partial charge in [0.15, 0.2) is 0 Å². The molecule has 1 atom stereocenters. The second kappa shape index (κ2) is 5.60. The van der Waals surface area contributed by atoms with Crippen LogP contribution in [0.3, 0.4) is 0 Å². The molecule has 4 saturated carbocycles. The monoisotopic (exact) mass is 316 g/mol. The molecule has 1 N–H and O–H groups in total. The minimum absolute atomic E-state index is 0.0652. The minimum Gasteiger partial charge on any atom is -0.351 e. The molecule has 4 aliphatic rings. The maximum atomic E-state index is 13.2. The van der Waals surface area contributed by atoms with Crippen molar-refractivity contribution in [2.24, 2.45) is 29.1 Å². The lowest BCUT2D eigenvalue weighted by molar-refractivity contribution is -0.147. The van der Waals surface area contributed by atoms with E-state index >= 15 is 0 Å². The third-order valence-electron chi connectivity index (χ3n) is 6.50. The van der Waals surface area contributed by atoms with Crippen molar-refractivity contribution in [3.63, 3.8) is 0 Å². The quantitative estimate of drug-likeness (QED) is 0.908. The van der Waals surface area contributed by atoms with Crippen molar-refractivity contribution in [3.05, 3.63) is 12.4 Å². The number of amides is 1. The van der Waals surface area contributed by atoms with Crippen molar-refractivity contribution in [1.82, 2.24) is 20.3 Å². The maximum Gasteiger partial charge on any atom is 0.226 e. The Labute approximate surface area is 138 Å². The lowest BCUT2D eigenvalue weighted by Gasteiger charge is -2.56. The molecule has 1 amide bonds.